The summed E-state index contributed by atoms with van der Waals surface area (Å²) in [6, 6.07) is 10.5. The summed E-state index contributed by atoms with van der Waals surface area (Å²) in [5.74, 6) is -0.254. The highest BCUT2D eigenvalue weighted by Crippen LogP contribution is 2.20. The maximum absolute atomic E-state index is 12.0. The first-order valence-corrected chi connectivity index (χ1v) is 7.68. The zero-order chi connectivity index (χ0) is 16.1. The average molecular weight is 300 g/mol. The summed E-state index contributed by atoms with van der Waals surface area (Å²) in [5, 5.41) is 3.48. The number of carbonyl (C=O) groups excluding carboxylic acids is 1. The monoisotopic (exact) mass is 300 g/mol. The van der Waals surface area contributed by atoms with Crippen molar-refractivity contribution in [1.29, 1.82) is 0 Å². The molecule has 1 aromatic heterocycles. The molecule has 0 aliphatic heterocycles. The molecule has 1 atom stereocenters. The van der Waals surface area contributed by atoms with Gasteiger partial charge in [-0.15, -0.1) is 0 Å². The van der Waals surface area contributed by atoms with Gasteiger partial charge >= 0.3 is 5.97 Å². The lowest BCUT2D eigenvalue weighted by molar-refractivity contribution is 0.0525. The van der Waals surface area contributed by atoms with Crippen LogP contribution in [0.1, 0.15) is 52.8 Å². The van der Waals surface area contributed by atoms with E-state index in [9.17, 15) is 4.79 Å². The average Bonchev–Trinajstić information content (AvgIpc) is 2.80. The summed E-state index contributed by atoms with van der Waals surface area (Å²) in [7, 11) is 0. The van der Waals surface area contributed by atoms with Crippen LogP contribution in [0.2, 0.25) is 0 Å². The van der Waals surface area contributed by atoms with E-state index in [4.69, 9.17) is 4.74 Å². The molecule has 0 saturated heterocycles. The Bertz CT molecular complexity index is 632. The zero-order valence-electron chi connectivity index (χ0n) is 13.7. The van der Waals surface area contributed by atoms with Crippen molar-refractivity contribution in [2.24, 2.45) is 0 Å². The normalized spacial score (nSPS) is 12.2. The summed E-state index contributed by atoms with van der Waals surface area (Å²) in [5.41, 5.74) is 4.76. The molecule has 1 unspecified atom stereocenters. The first-order chi connectivity index (χ1) is 10.5. The third-order valence-corrected chi connectivity index (χ3v) is 3.91. The van der Waals surface area contributed by atoms with E-state index in [-0.39, 0.29) is 12.0 Å². The topological polar surface area (TPSA) is 54.1 Å². The quantitative estimate of drug-likeness (QED) is 0.801. The molecular formula is C18H24N2O2. The van der Waals surface area contributed by atoms with Crippen molar-refractivity contribution in [2.45, 2.75) is 40.3 Å². The fourth-order valence-corrected chi connectivity index (χ4v) is 2.62. The van der Waals surface area contributed by atoms with Crippen molar-refractivity contribution < 1.29 is 9.53 Å². The summed E-state index contributed by atoms with van der Waals surface area (Å²) in [6.45, 7) is 8.89. The van der Waals surface area contributed by atoms with E-state index in [1.54, 1.807) is 0 Å². The lowest BCUT2D eigenvalue weighted by Crippen LogP contribution is -2.18. The van der Waals surface area contributed by atoms with Crippen LogP contribution in [0, 0.1) is 13.8 Å². The number of aromatic nitrogens is 1. The Balaban J connectivity index is 2.08. The minimum atomic E-state index is -0.254. The molecule has 1 heterocycles. The Labute approximate surface area is 131 Å². The van der Waals surface area contributed by atoms with Crippen LogP contribution in [0.4, 0.5) is 0 Å². The summed E-state index contributed by atoms with van der Waals surface area (Å²) >= 11 is 0. The third-order valence-electron chi connectivity index (χ3n) is 3.91. The van der Waals surface area contributed by atoms with Gasteiger partial charge in [-0.2, -0.15) is 0 Å². The van der Waals surface area contributed by atoms with Crippen LogP contribution in [-0.2, 0) is 11.3 Å². The van der Waals surface area contributed by atoms with E-state index in [1.165, 1.54) is 5.56 Å². The van der Waals surface area contributed by atoms with Crippen molar-refractivity contribution in [3.63, 3.8) is 0 Å². The molecule has 0 bridgehead atoms. The minimum absolute atomic E-state index is 0.246. The largest absolute Gasteiger partial charge is 0.462 e. The molecule has 0 aliphatic carbocycles. The van der Waals surface area contributed by atoms with Gasteiger partial charge in [0.25, 0.3) is 0 Å². The number of nitrogens with one attached hydrogen (secondary N) is 2. The highest BCUT2D eigenvalue weighted by atomic mass is 16.5. The molecular weight excluding hydrogens is 276 g/mol. The molecule has 4 heteroatoms. The van der Waals surface area contributed by atoms with Gasteiger partial charge in [-0.05, 0) is 38.8 Å². The molecule has 118 valence electrons. The van der Waals surface area contributed by atoms with Crippen LogP contribution in [0.5, 0.6) is 0 Å². The van der Waals surface area contributed by atoms with Crippen LogP contribution in [-0.4, -0.2) is 17.6 Å². The molecule has 0 aliphatic rings. The molecule has 22 heavy (non-hydrogen) atoms. The van der Waals surface area contributed by atoms with Crippen molar-refractivity contribution in [1.82, 2.24) is 10.3 Å². The van der Waals surface area contributed by atoms with Gasteiger partial charge in [0.15, 0.2) is 0 Å². The molecule has 0 fully saturated rings. The second-order valence-corrected chi connectivity index (χ2v) is 5.46. The molecule has 2 rings (SSSR count). The highest BCUT2D eigenvalue weighted by Gasteiger charge is 2.19. The van der Waals surface area contributed by atoms with E-state index >= 15 is 0 Å². The predicted molar refractivity (Wildman–Crippen MR) is 87.9 cm³/mol. The van der Waals surface area contributed by atoms with Gasteiger partial charge in [-0.3, -0.25) is 0 Å². The van der Waals surface area contributed by atoms with Crippen LogP contribution in [0.3, 0.4) is 0 Å². The number of hydrogen-bond acceptors (Lipinski definition) is 3. The first-order valence-electron chi connectivity index (χ1n) is 7.68. The Kier molecular flexibility index (Phi) is 5.39. The van der Waals surface area contributed by atoms with Gasteiger partial charge in [0.2, 0.25) is 0 Å². The van der Waals surface area contributed by atoms with Gasteiger partial charge in [-0.25, -0.2) is 4.79 Å². The molecule has 1 aromatic carbocycles. The lowest BCUT2D eigenvalue weighted by atomic mass is 10.1. The number of ether oxygens (including phenoxy) is 1. The van der Waals surface area contributed by atoms with Crippen LogP contribution < -0.4 is 5.32 Å². The fourth-order valence-electron chi connectivity index (χ4n) is 2.62. The smallest absolute Gasteiger partial charge is 0.340 e. The number of hydrogen-bond donors (Lipinski definition) is 2. The minimum Gasteiger partial charge on any atom is -0.462 e. The highest BCUT2D eigenvalue weighted by molar-refractivity contribution is 5.92. The second kappa shape index (κ2) is 7.27. The van der Waals surface area contributed by atoms with Gasteiger partial charge in [0, 0.05) is 24.0 Å². The molecule has 0 saturated carbocycles. The number of aromatic amines is 1. The molecule has 0 amide bonds. The van der Waals surface area contributed by atoms with Gasteiger partial charge in [-0.1, -0.05) is 30.3 Å². The number of aryl methyl sites for hydroxylation is 1. The Morgan fingerprint density at radius 2 is 1.95 bits per heavy atom. The molecule has 2 aromatic rings. The molecule has 4 nitrogen and oxygen atoms in total. The standard InChI is InChI=1S/C18H24N2O2/c1-5-22-18(21)17-12(2)16(20-14(17)4)11-19-13(3)15-9-7-6-8-10-15/h6-10,13,19-20H,5,11H2,1-4H3. The van der Waals surface area contributed by atoms with Gasteiger partial charge in [0.1, 0.15) is 0 Å². The number of H-pyrrole nitrogens is 1. The third kappa shape index (κ3) is 3.57. The summed E-state index contributed by atoms with van der Waals surface area (Å²) in [4.78, 5) is 15.3. The van der Waals surface area contributed by atoms with E-state index < -0.39 is 0 Å². The van der Waals surface area contributed by atoms with Gasteiger partial charge in [0.05, 0.1) is 12.2 Å². The Morgan fingerprint density at radius 3 is 2.59 bits per heavy atom. The van der Waals surface area contributed by atoms with Gasteiger partial charge < -0.3 is 15.0 Å². The van der Waals surface area contributed by atoms with Crippen molar-refractivity contribution in [3.05, 3.63) is 58.4 Å². The summed E-state index contributed by atoms with van der Waals surface area (Å²) in [6.07, 6.45) is 0. The fraction of sp³-hybridized carbons (Fsp3) is 0.389. The molecule has 2 N–H and O–H groups in total. The molecule has 0 radical (unpaired) electrons. The molecule has 0 spiro atoms. The van der Waals surface area contributed by atoms with Crippen molar-refractivity contribution in [3.8, 4) is 0 Å². The predicted octanol–water partition coefficient (Wildman–Crippen LogP) is 3.66. The maximum atomic E-state index is 12.0. The Morgan fingerprint density at radius 1 is 1.27 bits per heavy atom. The summed E-state index contributed by atoms with van der Waals surface area (Å²) < 4.78 is 5.12. The lowest BCUT2D eigenvalue weighted by Gasteiger charge is -2.14. The first kappa shape index (κ1) is 16.3. The maximum Gasteiger partial charge on any atom is 0.340 e. The van der Waals surface area contributed by atoms with E-state index in [1.807, 2.05) is 39.0 Å². The number of carbonyl (C=O) groups is 1. The SMILES string of the molecule is CCOC(=O)c1c(C)[nH]c(CNC(C)c2ccccc2)c1C. The van der Waals surface area contributed by atoms with E-state index in [0.717, 1.165) is 17.0 Å². The van der Waals surface area contributed by atoms with Crippen molar-refractivity contribution >= 4 is 5.97 Å². The van der Waals surface area contributed by atoms with E-state index in [0.29, 0.717) is 18.7 Å². The zero-order valence-corrected chi connectivity index (χ0v) is 13.7. The Hall–Kier alpha value is -2.07. The van der Waals surface area contributed by atoms with Crippen molar-refractivity contribution in [2.75, 3.05) is 6.61 Å². The second-order valence-electron chi connectivity index (χ2n) is 5.46. The van der Waals surface area contributed by atoms with E-state index in [2.05, 4.69) is 29.4 Å². The van der Waals surface area contributed by atoms with Crippen LogP contribution >= 0.6 is 0 Å². The van der Waals surface area contributed by atoms with Crippen LogP contribution in [0.25, 0.3) is 0 Å². The van der Waals surface area contributed by atoms with Crippen LogP contribution in [0.15, 0.2) is 30.3 Å². The number of benzene rings is 1. The number of rotatable bonds is 6. The number of esters is 1.